The van der Waals surface area contributed by atoms with Gasteiger partial charge in [0, 0.05) is 32.2 Å². The Balaban J connectivity index is 1.46. The van der Waals surface area contributed by atoms with E-state index in [1.807, 2.05) is 7.05 Å². The van der Waals surface area contributed by atoms with E-state index in [-0.39, 0.29) is 17.0 Å². The zero-order valence-corrected chi connectivity index (χ0v) is 18.2. The highest BCUT2D eigenvalue weighted by Crippen LogP contribution is 2.29. The number of rotatable bonds is 4. The Hall–Kier alpha value is -1.75. The van der Waals surface area contributed by atoms with Crippen LogP contribution >= 0.6 is 11.3 Å². The Morgan fingerprint density at radius 2 is 1.86 bits per heavy atom. The van der Waals surface area contributed by atoms with Gasteiger partial charge in [0.15, 0.2) is 5.13 Å². The summed E-state index contributed by atoms with van der Waals surface area (Å²) in [4.78, 5) is 19.1. The number of nitrogens with zero attached hydrogens (tertiary/aromatic N) is 3. The lowest BCUT2D eigenvalue weighted by atomic mass is 9.96. The molecule has 2 amide bonds. The third kappa shape index (κ3) is 4.71. The van der Waals surface area contributed by atoms with E-state index in [0.717, 1.165) is 43.5 Å². The average molecular weight is 438 g/mol. The first-order valence-corrected chi connectivity index (χ1v) is 12.3. The SMILES string of the molecule is CN1CCN(S(=O)(=O)c2ccc3nc(NC(=O)NC4CCCCC4)sc3c2)CC1. The highest BCUT2D eigenvalue weighted by molar-refractivity contribution is 7.89. The number of aromatic nitrogens is 1. The molecular formula is C19H27N5O3S2. The van der Waals surface area contributed by atoms with Gasteiger partial charge in [-0.05, 0) is 38.1 Å². The lowest BCUT2D eigenvalue weighted by molar-refractivity contribution is 0.222. The van der Waals surface area contributed by atoms with Crippen LogP contribution in [-0.2, 0) is 10.0 Å². The fourth-order valence-corrected chi connectivity index (χ4v) is 6.29. The van der Waals surface area contributed by atoms with Crippen LogP contribution in [0.2, 0.25) is 0 Å². The van der Waals surface area contributed by atoms with Crippen LogP contribution in [0.3, 0.4) is 0 Å². The number of urea groups is 1. The molecule has 0 bridgehead atoms. The van der Waals surface area contributed by atoms with Gasteiger partial charge in [-0.1, -0.05) is 30.6 Å². The number of fused-ring (bicyclic) bond motifs is 1. The lowest BCUT2D eigenvalue weighted by Crippen LogP contribution is -2.46. The van der Waals surface area contributed by atoms with Crippen molar-refractivity contribution in [2.24, 2.45) is 0 Å². The van der Waals surface area contributed by atoms with Crippen LogP contribution in [0.15, 0.2) is 23.1 Å². The number of piperazine rings is 1. The minimum atomic E-state index is -3.52. The Morgan fingerprint density at radius 1 is 1.14 bits per heavy atom. The molecule has 2 aromatic rings. The second-order valence-corrected chi connectivity index (χ2v) is 10.8. The first-order valence-electron chi connectivity index (χ1n) is 10.1. The van der Waals surface area contributed by atoms with E-state index in [1.54, 1.807) is 18.2 Å². The molecule has 1 saturated heterocycles. The van der Waals surface area contributed by atoms with Gasteiger partial charge in [0.2, 0.25) is 10.0 Å². The predicted octanol–water partition coefficient (Wildman–Crippen LogP) is 2.69. The number of hydrogen-bond donors (Lipinski definition) is 2. The molecule has 1 aromatic carbocycles. The standard InChI is InChI=1S/C19H27N5O3S2/c1-23-9-11-24(12-10-23)29(26,27)15-7-8-16-17(13-15)28-19(21-16)22-18(25)20-14-5-3-2-4-6-14/h7-8,13-14H,2-6,9-12H2,1H3,(H2,20,21,22,25). The van der Waals surface area contributed by atoms with Crippen LogP contribution in [-0.4, -0.2) is 67.9 Å². The van der Waals surface area contributed by atoms with Crippen molar-refractivity contribution in [1.82, 2.24) is 19.5 Å². The van der Waals surface area contributed by atoms with Gasteiger partial charge in [0.05, 0.1) is 15.1 Å². The third-order valence-corrected chi connectivity index (χ3v) is 8.45. The van der Waals surface area contributed by atoms with E-state index in [0.29, 0.717) is 23.7 Å². The van der Waals surface area contributed by atoms with Crippen molar-refractivity contribution in [2.75, 3.05) is 38.5 Å². The second kappa shape index (κ2) is 8.55. The van der Waals surface area contributed by atoms with Gasteiger partial charge in [0.25, 0.3) is 0 Å². The molecule has 1 aliphatic carbocycles. The molecule has 1 aliphatic heterocycles. The molecule has 2 fully saturated rings. The zero-order valence-electron chi connectivity index (χ0n) is 16.6. The molecule has 0 unspecified atom stereocenters. The summed E-state index contributed by atoms with van der Waals surface area (Å²) in [7, 11) is -1.53. The average Bonchev–Trinajstić information content (AvgIpc) is 3.10. The summed E-state index contributed by atoms with van der Waals surface area (Å²) in [5, 5.41) is 6.28. The van der Waals surface area contributed by atoms with Crippen molar-refractivity contribution < 1.29 is 13.2 Å². The number of carbonyl (C=O) groups excluding carboxylic acids is 1. The predicted molar refractivity (Wildman–Crippen MR) is 115 cm³/mol. The summed E-state index contributed by atoms with van der Waals surface area (Å²) < 4.78 is 28.2. The fraction of sp³-hybridized carbons (Fsp3) is 0.579. The molecule has 0 radical (unpaired) electrons. The first kappa shape index (κ1) is 20.5. The lowest BCUT2D eigenvalue weighted by Gasteiger charge is -2.31. The van der Waals surface area contributed by atoms with Crippen molar-refractivity contribution in [2.45, 2.75) is 43.0 Å². The molecule has 2 heterocycles. The molecule has 158 valence electrons. The van der Waals surface area contributed by atoms with Crippen molar-refractivity contribution in [3.8, 4) is 0 Å². The van der Waals surface area contributed by atoms with Crippen LogP contribution in [0.25, 0.3) is 10.2 Å². The molecule has 4 rings (SSSR count). The summed E-state index contributed by atoms with van der Waals surface area (Å²) in [6.07, 6.45) is 5.56. The van der Waals surface area contributed by atoms with E-state index < -0.39 is 10.0 Å². The number of amides is 2. The van der Waals surface area contributed by atoms with E-state index in [4.69, 9.17) is 0 Å². The van der Waals surface area contributed by atoms with Gasteiger partial charge >= 0.3 is 6.03 Å². The number of likely N-dealkylation sites (N-methyl/N-ethyl adjacent to an activating group) is 1. The minimum Gasteiger partial charge on any atom is -0.335 e. The Labute approximate surface area is 175 Å². The summed E-state index contributed by atoms with van der Waals surface area (Å²) in [5.41, 5.74) is 0.681. The number of benzene rings is 1. The maximum atomic E-state index is 13.0. The molecule has 29 heavy (non-hydrogen) atoms. The Kier molecular flexibility index (Phi) is 6.05. The van der Waals surface area contributed by atoms with Crippen LogP contribution in [0.4, 0.5) is 9.93 Å². The van der Waals surface area contributed by atoms with Crippen LogP contribution < -0.4 is 10.6 Å². The fourth-order valence-electron chi connectivity index (χ4n) is 3.86. The Bertz CT molecular complexity index is 977. The van der Waals surface area contributed by atoms with Gasteiger partial charge < -0.3 is 10.2 Å². The van der Waals surface area contributed by atoms with Crippen molar-refractivity contribution >= 4 is 42.7 Å². The van der Waals surface area contributed by atoms with E-state index in [2.05, 4.69) is 20.5 Å². The molecule has 2 aliphatic rings. The number of thiazole rings is 1. The summed E-state index contributed by atoms with van der Waals surface area (Å²) in [6.45, 7) is 2.44. The summed E-state index contributed by atoms with van der Waals surface area (Å²) >= 11 is 1.29. The van der Waals surface area contributed by atoms with E-state index in [1.165, 1.54) is 22.1 Å². The third-order valence-electron chi connectivity index (χ3n) is 5.62. The Morgan fingerprint density at radius 3 is 2.59 bits per heavy atom. The van der Waals surface area contributed by atoms with E-state index in [9.17, 15) is 13.2 Å². The van der Waals surface area contributed by atoms with Crippen LogP contribution in [0, 0.1) is 0 Å². The monoisotopic (exact) mass is 437 g/mol. The molecule has 1 aromatic heterocycles. The number of carbonyl (C=O) groups is 1. The van der Waals surface area contributed by atoms with Crippen LogP contribution in [0.5, 0.6) is 0 Å². The van der Waals surface area contributed by atoms with Gasteiger partial charge in [-0.15, -0.1) is 0 Å². The smallest absolute Gasteiger partial charge is 0.321 e. The molecule has 1 saturated carbocycles. The largest absolute Gasteiger partial charge is 0.335 e. The molecule has 8 nitrogen and oxygen atoms in total. The number of hydrogen-bond acceptors (Lipinski definition) is 6. The van der Waals surface area contributed by atoms with Crippen molar-refractivity contribution in [3.05, 3.63) is 18.2 Å². The van der Waals surface area contributed by atoms with Gasteiger partial charge in [-0.3, -0.25) is 5.32 Å². The minimum absolute atomic E-state index is 0.221. The van der Waals surface area contributed by atoms with Gasteiger partial charge in [-0.25, -0.2) is 18.2 Å². The highest BCUT2D eigenvalue weighted by atomic mass is 32.2. The zero-order chi connectivity index (χ0) is 20.4. The quantitative estimate of drug-likeness (QED) is 0.767. The van der Waals surface area contributed by atoms with Crippen molar-refractivity contribution in [3.63, 3.8) is 0 Å². The number of anilines is 1. The maximum absolute atomic E-state index is 13.0. The van der Waals surface area contributed by atoms with Gasteiger partial charge in [0.1, 0.15) is 0 Å². The highest BCUT2D eigenvalue weighted by Gasteiger charge is 2.28. The summed E-state index contributed by atoms with van der Waals surface area (Å²) in [6, 6.07) is 4.94. The molecular weight excluding hydrogens is 410 g/mol. The van der Waals surface area contributed by atoms with Crippen molar-refractivity contribution in [1.29, 1.82) is 0 Å². The summed E-state index contributed by atoms with van der Waals surface area (Å²) in [5.74, 6) is 0. The second-order valence-electron chi connectivity index (χ2n) is 7.79. The number of nitrogens with one attached hydrogen (secondary N) is 2. The first-order chi connectivity index (χ1) is 13.9. The van der Waals surface area contributed by atoms with Crippen LogP contribution in [0.1, 0.15) is 32.1 Å². The molecule has 10 heteroatoms. The topological polar surface area (TPSA) is 94.6 Å². The number of sulfonamides is 1. The molecule has 0 atom stereocenters. The van der Waals surface area contributed by atoms with Gasteiger partial charge in [-0.2, -0.15) is 4.31 Å². The molecule has 2 N–H and O–H groups in total. The van der Waals surface area contributed by atoms with E-state index >= 15 is 0 Å². The normalized spacial score (nSPS) is 20.0. The molecule has 0 spiro atoms. The maximum Gasteiger partial charge on any atom is 0.321 e.